The van der Waals surface area contributed by atoms with Crippen molar-refractivity contribution in [1.29, 1.82) is 0 Å². The Kier molecular flexibility index (Phi) is 3.50. The number of rotatable bonds is 3. The van der Waals surface area contributed by atoms with E-state index in [9.17, 15) is 4.79 Å². The molecule has 2 aromatic carbocycles. The number of carbonyl (C=O) groups is 1. The average Bonchev–Trinajstić information content (AvgIpc) is 2.97. The summed E-state index contributed by atoms with van der Waals surface area (Å²) in [6.45, 7) is 0. The Morgan fingerprint density at radius 2 is 1.76 bits per heavy atom. The summed E-state index contributed by atoms with van der Waals surface area (Å²) < 4.78 is 1.98. The van der Waals surface area contributed by atoms with Gasteiger partial charge in [0.15, 0.2) is 0 Å². The Balaban J connectivity index is 1.93. The van der Waals surface area contributed by atoms with Crippen LogP contribution in [0.15, 0.2) is 67.0 Å². The van der Waals surface area contributed by atoms with Crippen LogP contribution in [-0.2, 0) is 0 Å². The van der Waals surface area contributed by atoms with Gasteiger partial charge in [0.25, 0.3) is 0 Å². The highest BCUT2D eigenvalue weighted by molar-refractivity contribution is 6.30. The second-order valence-corrected chi connectivity index (χ2v) is 5.11. The molecule has 104 valence electrons. The molecule has 0 saturated heterocycles. The molecule has 3 rings (SSSR count). The maximum Gasteiger partial charge on any atom is 0.335 e. The van der Waals surface area contributed by atoms with Gasteiger partial charge in [-0.05, 0) is 47.5 Å². The molecule has 0 aliphatic heterocycles. The lowest BCUT2D eigenvalue weighted by Crippen LogP contribution is -1.94. The minimum absolute atomic E-state index is 0.285. The number of halogens is 1. The minimum Gasteiger partial charge on any atom is -0.478 e. The fourth-order valence-corrected chi connectivity index (χ4v) is 2.35. The lowest BCUT2D eigenvalue weighted by Gasteiger charge is -2.03. The first-order valence-corrected chi connectivity index (χ1v) is 6.79. The summed E-state index contributed by atoms with van der Waals surface area (Å²) in [6, 6.07) is 16.4. The fraction of sp³-hybridized carbons (Fsp3) is 0. The molecule has 0 aliphatic carbocycles. The summed E-state index contributed by atoms with van der Waals surface area (Å²) in [4.78, 5) is 10.9. The van der Waals surface area contributed by atoms with Crippen molar-refractivity contribution in [2.24, 2.45) is 0 Å². The molecule has 3 nitrogen and oxygen atoms in total. The van der Waals surface area contributed by atoms with E-state index in [1.54, 1.807) is 24.3 Å². The Hall–Kier alpha value is -2.52. The van der Waals surface area contributed by atoms with Gasteiger partial charge in [-0.2, -0.15) is 0 Å². The van der Waals surface area contributed by atoms with E-state index in [0.29, 0.717) is 5.02 Å². The third-order valence-electron chi connectivity index (χ3n) is 3.26. The van der Waals surface area contributed by atoms with E-state index >= 15 is 0 Å². The van der Waals surface area contributed by atoms with Gasteiger partial charge in [-0.25, -0.2) is 4.79 Å². The summed E-state index contributed by atoms with van der Waals surface area (Å²) in [5, 5.41) is 9.60. The number of hydrogen-bond donors (Lipinski definition) is 1. The number of aromatic nitrogens is 1. The van der Waals surface area contributed by atoms with Crippen LogP contribution in [0.1, 0.15) is 10.4 Å². The molecule has 0 saturated carbocycles. The molecular weight excluding hydrogens is 286 g/mol. The Morgan fingerprint density at radius 3 is 2.43 bits per heavy atom. The number of aromatic carboxylic acids is 1. The molecule has 0 unspecified atom stereocenters. The summed E-state index contributed by atoms with van der Waals surface area (Å²) >= 11 is 6.00. The first kappa shape index (κ1) is 13.5. The topological polar surface area (TPSA) is 42.2 Å². The third kappa shape index (κ3) is 2.83. The van der Waals surface area contributed by atoms with E-state index in [4.69, 9.17) is 16.7 Å². The van der Waals surface area contributed by atoms with E-state index in [0.717, 1.165) is 16.8 Å². The lowest BCUT2D eigenvalue weighted by atomic mass is 10.1. The van der Waals surface area contributed by atoms with E-state index in [1.165, 1.54) is 0 Å². The van der Waals surface area contributed by atoms with Gasteiger partial charge in [-0.15, -0.1) is 0 Å². The van der Waals surface area contributed by atoms with Crippen molar-refractivity contribution >= 4 is 17.6 Å². The van der Waals surface area contributed by atoms with Crippen LogP contribution < -0.4 is 0 Å². The highest BCUT2D eigenvalue weighted by Gasteiger charge is 2.05. The monoisotopic (exact) mass is 297 g/mol. The van der Waals surface area contributed by atoms with E-state index in [1.807, 2.05) is 47.3 Å². The summed E-state index contributed by atoms with van der Waals surface area (Å²) in [7, 11) is 0. The van der Waals surface area contributed by atoms with Gasteiger partial charge in [-0.1, -0.05) is 29.8 Å². The molecule has 3 aromatic rings. The second kappa shape index (κ2) is 5.46. The van der Waals surface area contributed by atoms with Gasteiger partial charge in [0.05, 0.1) is 5.56 Å². The predicted octanol–water partition coefficient (Wildman–Crippen LogP) is 4.50. The lowest BCUT2D eigenvalue weighted by molar-refractivity contribution is 0.0697. The Bertz CT molecular complexity index is 791. The number of carboxylic acid groups (broad SMARTS) is 1. The van der Waals surface area contributed by atoms with Gasteiger partial charge >= 0.3 is 5.97 Å². The maximum atomic E-state index is 10.9. The van der Waals surface area contributed by atoms with Crippen LogP contribution in [0.3, 0.4) is 0 Å². The minimum atomic E-state index is -0.918. The maximum absolute atomic E-state index is 10.9. The highest BCUT2D eigenvalue weighted by atomic mass is 35.5. The zero-order valence-electron chi connectivity index (χ0n) is 11.0. The zero-order valence-corrected chi connectivity index (χ0v) is 11.8. The molecule has 0 fully saturated rings. The molecular formula is C17H12ClNO2. The standard InChI is InChI=1S/C17H12ClNO2/c18-15-2-1-3-16(10-15)19-9-8-14(11-19)12-4-6-13(7-5-12)17(20)21/h1-11H,(H,20,21). The van der Waals surface area contributed by atoms with E-state index in [-0.39, 0.29) is 5.56 Å². The fourth-order valence-electron chi connectivity index (χ4n) is 2.17. The van der Waals surface area contributed by atoms with Crippen LogP contribution in [0.5, 0.6) is 0 Å². The van der Waals surface area contributed by atoms with Gasteiger partial charge in [0.2, 0.25) is 0 Å². The number of benzene rings is 2. The molecule has 1 N–H and O–H groups in total. The first-order chi connectivity index (χ1) is 10.1. The van der Waals surface area contributed by atoms with Crippen LogP contribution in [0, 0.1) is 0 Å². The number of nitrogens with zero attached hydrogens (tertiary/aromatic N) is 1. The molecule has 0 atom stereocenters. The van der Waals surface area contributed by atoms with Crippen LogP contribution in [0.2, 0.25) is 5.02 Å². The third-order valence-corrected chi connectivity index (χ3v) is 3.50. The molecule has 1 aromatic heterocycles. The van der Waals surface area contributed by atoms with Gasteiger partial charge in [0.1, 0.15) is 0 Å². The molecule has 0 amide bonds. The van der Waals surface area contributed by atoms with Crippen LogP contribution in [0.25, 0.3) is 16.8 Å². The molecule has 4 heteroatoms. The summed E-state index contributed by atoms with van der Waals surface area (Å²) in [5.74, 6) is -0.918. The number of hydrogen-bond acceptors (Lipinski definition) is 1. The normalized spacial score (nSPS) is 10.5. The molecule has 0 spiro atoms. The van der Waals surface area contributed by atoms with Crippen molar-refractivity contribution in [2.75, 3.05) is 0 Å². The van der Waals surface area contributed by atoms with Crippen molar-refractivity contribution < 1.29 is 9.90 Å². The Morgan fingerprint density at radius 1 is 1.00 bits per heavy atom. The molecule has 1 heterocycles. The first-order valence-electron chi connectivity index (χ1n) is 6.41. The summed E-state index contributed by atoms with van der Waals surface area (Å²) in [6.07, 6.45) is 3.94. The zero-order chi connectivity index (χ0) is 14.8. The molecule has 0 radical (unpaired) electrons. The van der Waals surface area contributed by atoms with Crippen molar-refractivity contribution in [1.82, 2.24) is 4.57 Å². The van der Waals surface area contributed by atoms with Crippen LogP contribution >= 0.6 is 11.6 Å². The molecule has 0 aliphatic rings. The quantitative estimate of drug-likeness (QED) is 0.773. The van der Waals surface area contributed by atoms with Crippen molar-refractivity contribution in [2.45, 2.75) is 0 Å². The van der Waals surface area contributed by atoms with Crippen molar-refractivity contribution in [3.8, 4) is 16.8 Å². The molecule has 21 heavy (non-hydrogen) atoms. The highest BCUT2D eigenvalue weighted by Crippen LogP contribution is 2.23. The SMILES string of the molecule is O=C(O)c1ccc(-c2ccn(-c3cccc(Cl)c3)c2)cc1. The van der Waals surface area contributed by atoms with Gasteiger partial charge in [-0.3, -0.25) is 0 Å². The van der Waals surface area contributed by atoms with Crippen LogP contribution in [0.4, 0.5) is 0 Å². The predicted molar refractivity (Wildman–Crippen MR) is 83.2 cm³/mol. The van der Waals surface area contributed by atoms with Gasteiger partial charge in [0, 0.05) is 23.1 Å². The molecule has 0 bridgehead atoms. The Labute approximate surface area is 127 Å². The van der Waals surface area contributed by atoms with E-state index in [2.05, 4.69) is 0 Å². The average molecular weight is 298 g/mol. The smallest absolute Gasteiger partial charge is 0.335 e. The second-order valence-electron chi connectivity index (χ2n) is 4.67. The van der Waals surface area contributed by atoms with Crippen molar-refractivity contribution in [3.05, 3.63) is 77.6 Å². The number of carboxylic acids is 1. The summed E-state index contributed by atoms with van der Waals surface area (Å²) in [5.41, 5.74) is 3.26. The van der Waals surface area contributed by atoms with Gasteiger partial charge < -0.3 is 9.67 Å². The van der Waals surface area contributed by atoms with Crippen LogP contribution in [-0.4, -0.2) is 15.6 Å². The van der Waals surface area contributed by atoms with Crippen molar-refractivity contribution in [3.63, 3.8) is 0 Å². The van der Waals surface area contributed by atoms with E-state index < -0.39 is 5.97 Å². The largest absolute Gasteiger partial charge is 0.478 e.